The second kappa shape index (κ2) is 4.75. The number of benzene rings is 1. The van der Waals surface area contributed by atoms with Gasteiger partial charge in [-0.25, -0.2) is 4.98 Å². The topological polar surface area (TPSA) is 12.9 Å². The fraction of sp³-hybridized carbons (Fsp3) is 0.308. The van der Waals surface area contributed by atoms with Gasteiger partial charge in [0.2, 0.25) is 0 Å². The summed E-state index contributed by atoms with van der Waals surface area (Å²) >= 11 is 16.0. The summed E-state index contributed by atoms with van der Waals surface area (Å²) in [6.45, 7) is 6.16. The number of halogens is 3. The van der Waals surface area contributed by atoms with E-state index in [1.807, 2.05) is 19.1 Å². The molecule has 2 aromatic rings. The maximum atomic E-state index is 6.32. The Morgan fingerprint density at radius 3 is 2.47 bits per heavy atom. The summed E-state index contributed by atoms with van der Waals surface area (Å²) in [5.74, 6) is 0.328. The van der Waals surface area contributed by atoms with Gasteiger partial charge in [0.15, 0.2) is 0 Å². The molecule has 0 aliphatic heterocycles. The lowest BCUT2D eigenvalue weighted by Gasteiger charge is -2.12. The Balaban J connectivity index is 2.88. The Bertz CT molecular complexity index is 594. The zero-order chi connectivity index (χ0) is 12.7. The first-order valence-electron chi connectivity index (χ1n) is 5.36. The molecule has 1 aromatic carbocycles. The van der Waals surface area contributed by atoms with Gasteiger partial charge in [0, 0.05) is 9.86 Å². The van der Waals surface area contributed by atoms with E-state index in [1.165, 1.54) is 0 Å². The number of rotatable bonds is 1. The standard InChI is InChI=1S/C13H12BrCl2N/c1-6(2)8-5-9-11(15)7(3)4-10(14)12(9)17-13(8)16/h4-6H,1-3H3. The highest BCUT2D eigenvalue weighted by Gasteiger charge is 2.13. The van der Waals surface area contributed by atoms with Crippen LogP contribution in [0.25, 0.3) is 10.9 Å². The molecule has 1 aromatic heterocycles. The quantitative estimate of drug-likeness (QED) is 0.607. The van der Waals surface area contributed by atoms with Crippen molar-refractivity contribution in [3.63, 3.8) is 0 Å². The summed E-state index contributed by atoms with van der Waals surface area (Å²) in [4.78, 5) is 4.43. The highest BCUT2D eigenvalue weighted by atomic mass is 79.9. The predicted molar refractivity (Wildman–Crippen MR) is 78.3 cm³/mol. The Morgan fingerprint density at radius 2 is 1.88 bits per heavy atom. The summed E-state index contributed by atoms with van der Waals surface area (Å²) in [5.41, 5.74) is 2.87. The monoisotopic (exact) mass is 331 g/mol. The molecule has 0 aliphatic carbocycles. The van der Waals surface area contributed by atoms with E-state index in [1.54, 1.807) is 0 Å². The van der Waals surface area contributed by atoms with Crippen LogP contribution in [0.5, 0.6) is 0 Å². The molecule has 0 unspecified atom stereocenters. The summed E-state index contributed by atoms with van der Waals surface area (Å²) in [6.07, 6.45) is 0. The second-order valence-electron chi connectivity index (χ2n) is 4.41. The van der Waals surface area contributed by atoms with E-state index in [9.17, 15) is 0 Å². The number of hydrogen-bond donors (Lipinski definition) is 0. The molecule has 1 nitrogen and oxygen atoms in total. The highest BCUT2D eigenvalue weighted by molar-refractivity contribution is 9.10. The van der Waals surface area contributed by atoms with E-state index in [0.717, 1.165) is 31.5 Å². The molecule has 0 fully saturated rings. The number of fused-ring (bicyclic) bond motifs is 1. The van der Waals surface area contributed by atoms with E-state index in [-0.39, 0.29) is 0 Å². The molecule has 0 saturated heterocycles. The maximum absolute atomic E-state index is 6.32. The lowest BCUT2D eigenvalue weighted by atomic mass is 10.0. The fourth-order valence-corrected chi connectivity index (χ4v) is 3.00. The van der Waals surface area contributed by atoms with Crippen molar-refractivity contribution in [1.82, 2.24) is 4.98 Å². The van der Waals surface area contributed by atoms with E-state index >= 15 is 0 Å². The average Bonchev–Trinajstić information content (AvgIpc) is 2.25. The Morgan fingerprint density at radius 1 is 1.24 bits per heavy atom. The summed E-state index contributed by atoms with van der Waals surface area (Å²) in [7, 11) is 0. The van der Waals surface area contributed by atoms with E-state index < -0.39 is 0 Å². The number of nitrogens with zero attached hydrogens (tertiary/aromatic N) is 1. The minimum atomic E-state index is 0.328. The number of aryl methyl sites for hydroxylation is 1. The molecular formula is C13H12BrCl2N. The first kappa shape index (κ1) is 13.1. The van der Waals surface area contributed by atoms with Crippen LogP contribution in [-0.2, 0) is 0 Å². The van der Waals surface area contributed by atoms with Crippen LogP contribution in [0, 0.1) is 6.92 Å². The first-order valence-corrected chi connectivity index (χ1v) is 6.91. The predicted octanol–water partition coefficient (Wildman–Crippen LogP) is 5.74. The zero-order valence-electron chi connectivity index (χ0n) is 9.81. The smallest absolute Gasteiger partial charge is 0.133 e. The maximum Gasteiger partial charge on any atom is 0.133 e. The third-order valence-electron chi connectivity index (χ3n) is 2.78. The van der Waals surface area contributed by atoms with E-state index in [2.05, 4.69) is 34.8 Å². The largest absolute Gasteiger partial charge is 0.235 e. The molecular weight excluding hydrogens is 321 g/mol. The molecule has 0 bridgehead atoms. The van der Waals surface area contributed by atoms with Crippen LogP contribution < -0.4 is 0 Å². The molecule has 0 amide bonds. The number of aromatic nitrogens is 1. The van der Waals surface area contributed by atoms with Gasteiger partial charge in [0.05, 0.1) is 10.5 Å². The van der Waals surface area contributed by atoms with Gasteiger partial charge in [-0.15, -0.1) is 0 Å². The summed E-state index contributed by atoms with van der Waals surface area (Å²) in [6, 6.07) is 4.00. The van der Waals surface area contributed by atoms with Crippen molar-refractivity contribution in [2.24, 2.45) is 0 Å². The lowest BCUT2D eigenvalue weighted by Crippen LogP contribution is -1.94. The fourth-order valence-electron chi connectivity index (χ4n) is 1.79. The van der Waals surface area contributed by atoms with Gasteiger partial charge in [0.1, 0.15) is 5.15 Å². The van der Waals surface area contributed by atoms with Gasteiger partial charge in [-0.3, -0.25) is 0 Å². The lowest BCUT2D eigenvalue weighted by molar-refractivity contribution is 0.862. The Labute approximate surface area is 119 Å². The Kier molecular flexibility index (Phi) is 3.67. The molecule has 0 N–H and O–H groups in total. The molecule has 4 heteroatoms. The number of pyridine rings is 1. The molecule has 0 saturated carbocycles. The molecule has 17 heavy (non-hydrogen) atoms. The van der Waals surface area contributed by atoms with Crippen LogP contribution in [0.2, 0.25) is 10.2 Å². The second-order valence-corrected chi connectivity index (χ2v) is 6.00. The molecule has 0 radical (unpaired) electrons. The number of hydrogen-bond acceptors (Lipinski definition) is 1. The van der Waals surface area contributed by atoms with Crippen molar-refractivity contribution in [2.45, 2.75) is 26.7 Å². The summed E-state index contributed by atoms with van der Waals surface area (Å²) < 4.78 is 0.923. The molecule has 0 aliphatic rings. The third-order valence-corrected chi connectivity index (χ3v) is 4.19. The van der Waals surface area contributed by atoms with Gasteiger partial charge >= 0.3 is 0 Å². The van der Waals surface area contributed by atoms with Crippen molar-refractivity contribution < 1.29 is 0 Å². The van der Waals surface area contributed by atoms with Crippen LogP contribution in [0.1, 0.15) is 30.9 Å². The average molecular weight is 333 g/mol. The first-order chi connectivity index (χ1) is 7.91. The van der Waals surface area contributed by atoms with E-state index in [4.69, 9.17) is 23.2 Å². The Hall–Kier alpha value is -0.310. The molecule has 0 spiro atoms. The van der Waals surface area contributed by atoms with Crippen LogP contribution in [0.4, 0.5) is 0 Å². The van der Waals surface area contributed by atoms with Gasteiger partial charge in [0.25, 0.3) is 0 Å². The minimum Gasteiger partial charge on any atom is -0.235 e. The molecule has 0 atom stereocenters. The SMILES string of the molecule is Cc1cc(Br)c2nc(Cl)c(C(C)C)cc2c1Cl. The van der Waals surface area contributed by atoms with Crippen molar-refractivity contribution in [3.8, 4) is 0 Å². The van der Waals surface area contributed by atoms with Crippen molar-refractivity contribution in [1.29, 1.82) is 0 Å². The van der Waals surface area contributed by atoms with Gasteiger partial charge in [-0.2, -0.15) is 0 Å². The molecule has 1 heterocycles. The van der Waals surface area contributed by atoms with Crippen LogP contribution in [0.3, 0.4) is 0 Å². The van der Waals surface area contributed by atoms with Crippen molar-refractivity contribution >= 4 is 50.0 Å². The normalized spacial score (nSPS) is 11.5. The van der Waals surface area contributed by atoms with Crippen LogP contribution in [-0.4, -0.2) is 4.98 Å². The molecule has 2 rings (SSSR count). The van der Waals surface area contributed by atoms with Crippen LogP contribution in [0.15, 0.2) is 16.6 Å². The zero-order valence-corrected chi connectivity index (χ0v) is 12.9. The van der Waals surface area contributed by atoms with Crippen LogP contribution >= 0.6 is 39.1 Å². The highest BCUT2D eigenvalue weighted by Crippen LogP contribution is 2.35. The van der Waals surface area contributed by atoms with Crippen molar-refractivity contribution in [2.75, 3.05) is 0 Å². The minimum absolute atomic E-state index is 0.328. The van der Waals surface area contributed by atoms with Crippen molar-refractivity contribution in [3.05, 3.63) is 37.9 Å². The molecule has 90 valence electrons. The van der Waals surface area contributed by atoms with E-state index in [0.29, 0.717) is 11.1 Å². The van der Waals surface area contributed by atoms with Gasteiger partial charge < -0.3 is 0 Å². The van der Waals surface area contributed by atoms with Gasteiger partial charge in [-0.1, -0.05) is 37.0 Å². The van der Waals surface area contributed by atoms with Gasteiger partial charge in [-0.05, 0) is 52.0 Å². The summed E-state index contributed by atoms with van der Waals surface area (Å²) in [5, 5.41) is 2.24. The third kappa shape index (κ3) is 2.31.